The van der Waals surface area contributed by atoms with E-state index >= 15 is 0 Å². The van der Waals surface area contributed by atoms with Crippen LogP contribution >= 0.6 is 0 Å². The summed E-state index contributed by atoms with van der Waals surface area (Å²) in [5, 5.41) is 13.4. The van der Waals surface area contributed by atoms with Gasteiger partial charge in [-0.2, -0.15) is 4.98 Å². The number of nitrogens with zero attached hydrogens (tertiary/aromatic N) is 2. The van der Waals surface area contributed by atoms with E-state index in [2.05, 4.69) is 10.1 Å². The van der Waals surface area contributed by atoms with Crippen molar-refractivity contribution >= 4 is 5.69 Å². The first-order valence-electron chi connectivity index (χ1n) is 6.31. The smallest absolute Gasteiger partial charge is 0.258 e. The molecule has 0 atom stereocenters. The van der Waals surface area contributed by atoms with Crippen LogP contribution in [0.1, 0.15) is 5.82 Å². The second-order valence-electron chi connectivity index (χ2n) is 4.39. The minimum atomic E-state index is -0.0206. The summed E-state index contributed by atoms with van der Waals surface area (Å²) >= 11 is 0. The second-order valence-corrected chi connectivity index (χ2v) is 4.39. The van der Waals surface area contributed by atoms with Gasteiger partial charge in [-0.1, -0.05) is 23.4 Å². The summed E-state index contributed by atoms with van der Waals surface area (Å²) in [6.45, 7) is 0.203. The van der Waals surface area contributed by atoms with Crippen molar-refractivity contribution in [3.8, 4) is 23.0 Å². The number of phenols is 1. The van der Waals surface area contributed by atoms with Crippen molar-refractivity contribution in [3.05, 3.63) is 54.4 Å². The number of hydrogen-bond donors (Lipinski definition) is 2. The number of anilines is 1. The standard InChI is InChI=1S/C15H13N3O3/c16-12-7-6-10(8-13(12)19)15-17-14(18-21-15)9-20-11-4-2-1-3-5-11/h1-8,19H,9,16H2. The fourth-order valence-corrected chi connectivity index (χ4v) is 1.77. The Morgan fingerprint density at radius 3 is 2.71 bits per heavy atom. The third-order valence-electron chi connectivity index (χ3n) is 2.86. The lowest BCUT2D eigenvalue weighted by atomic mass is 10.2. The van der Waals surface area contributed by atoms with Gasteiger partial charge in [0.2, 0.25) is 5.82 Å². The summed E-state index contributed by atoms with van der Waals surface area (Å²) in [5.41, 5.74) is 6.44. The molecule has 21 heavy (non-hydrogen) atoms. The van der Waals surface area contributed by atoms with E-state index in [0.717, 1.165) is 5.75 Å². The predicted molar refractivity (Wildman–Crippen MR) is 76.6 cm³/mol. The average molecular weight is 283 g/mol. The summed E-state index contributed by atoms with van der Waals surface area (Å²) in [6, 6.07) is 14.1. The minimum Gasteiger partial charge on any atom is -0.506 e. The van der Waals surface area contributed by atoms with Crippen LogP contribution in [0.15, 0.2) is 53.1 Å². The second kappa shape index (κ2) is 5.54. The summed E-state index contributed by atoms with van der Waals surface area (Å²) in [4.78, 5) is 4.21. The van der Waals surface area contributed by atoms with E-state index in [9.17, 15) is 5.11 Å². The number of hydrogen-bond acceptors (Lipinski definition) is 6. The Morgan fingerprint density at radius 2 is 1.95 bits per heavy atom. The Hall–Kier alpha value is -3.02. The highest BCUT2D eigenvalue weighted by atomic mass is 16.5. The fourth-order valence-electron chi connectivity index (χ4n) is 1.77. The van der Waals surface area contributed by atoms with Crippen molar-refractivity contribution < 1.29 is 14.4 Å². The first-order chi connectivity index (χ1) is 10.2. The van der Waals surface area contributed by atoms with Gasteiger partial charge in [-0.25, -0.2) is 0 Å². The largest absolute Gasteiger partial charge is 0.506 e. The molecule has 0 radical (unpaired) electrons. The maximum Gasteiger partial charge on any atom is 0.258 e. The number of aromatic hydroxyl groups is 1. The van der Waals surface area contributed by atoms with Crippen LogP contribution in [0.2, 0.25) is 0 Å². The molecule has 2 aromatic carbocycles. The summed E-state index contributed by atoms with van der Waals surface area (Å²) < 4.78 is 10.7. The Labute approximate surface area is 120 Å². The van der Waals surface area contributed by atoms with E-state index in [1.54, 1.807) is 12.1 Å². The molecule has 0 aliphatic carbocycles. The van der Waals surface area contributed by atoms with E-state index < -0.39 is 0 Å². The Balaban J connectivity index is 1.72. The van der Waals surface area contributed by atoms with E-state index in [4.69, 9.17) is 15.0 Å². The molecule has 3 N–H and O–H groups in total. The molecule has 0 saturated heterocycles. The zero-order chi connectivity index (χ0) is 14.7. The van der Waals surface area contributed by atoms with Gasteiger partial charge in [0.1, 0.15) is 11.5 Å². The molecule has 3 aromatic rings. The maximum atomic E-state index is 9.58. The molecule has 6 heteroatoms. The molecule has 0 spiro atoms. The molecule has 3 rings (SSSR count). The van der Waals surface area contributed by atoms with Gasteiger partial charge in [0.25, 0.3) is 5.89 Å². The number of phenolic OH excluding ortho intramolecular Hbond substituents is 1. The van der Waals surface area contributed by atoms with Gasteiger partial charge in [-0.05, 0) is 30.3 Å². The highest BCUT2D eigenvalue weighted by molar-refractivity contribution is 5.63. The van der Waals surface area contributed by atoms with Crippen molar-refractivity contribution in [1.82, 2.24) is 10.1 Å². The van der Waals surface area contributed by atoms with Crippen molar-refractivity contribution in [2.45, 2.75) is 6.61 Å². The fraction of sp³-hybridized carbons (Fsp3) is 0.0667. The topological polar surface area (TPSA) is 94.4 Å². The van der Waals surface area contributed by atoms with E-state index in [-0.39, 0.29) is 12.4 Å². The molecule has 106 valence electrons. The molecular weight excluding hydrogens is 270 g/mol. The van der Waals surface area contributed by atoms with Gasteiger partial charge < -0.3 is 20.1 Å². The minimum absolute atomic E-state index is 0.0206. The van der Waals surface area contributed by atoms with Crippen LogP contribution in [0.5, 0.6) is 11.5 Å². The summed E-state index contributed by atoms with van der Waals surface area (Å²) in [7, 11) is 0. The quantitative estimate of drug-likeness (QED) is 0.564. The number of rotatable bonds is 4. The van der Waals surface area contributed by atoms with Crippen molar-refractivity contribution in [3.63, 3.8) is 0 Å². The summed E-state index contributed by atoms with van der Waals surface area (Å²) in [5.74, 6) is 1.43. The van der Waals surface area contributed by atoms with E-state index in [1.165, 1.54) is 6.07 Å². The third kappa shape index (κ3) is 2.94. The molecule has 0 bridgehead atoms. The monoisotopic (exact) mass is 283 g/mol. The number of ether oxygens (including phenoxy) is 1. The number of aromatic nitrogens is 2. The van der Waals surface area contributed by atoms with E-state index in [1.807, 2.05) is 30.3 Å². The Morgan fingerprint density at radius 1 is 1.14 bits per heavy atom. The highest BCUT2D eigenvalue weighted by Crippen LogP contribution is 2.26. The van der Waals surface area contributed by atoms with Crippen LogP contribution in [-0.4, -0.2) is 15.2 Å². The molecule has 1 aromatic heterocycles. The molecule has 0 amide bonds. The van der Waals surface area contributed by atoms with Crippen LogP contribution in [0.25, 0.3) is 11.5 Å². The zero-order valence-corrected chi connectivity index (χ0v) is 11.1. The van der Waals surface area contributed by atoms with Crippen LogP contribution in [-0.2, 0) is 6.61 Å². The van der Waals surface area contributed by atoms with Crippen LogP contribution in [0.3, 0.4) is 0 Å². The van der Waals surface area contributed by atoms with Crippen LogP contribution in [0, 0.1) is 0 Å². The van der Waals surface area contributed by atoms with Crippen molar-refractivity contribution in [2.75, 3.05) is 5.73 Å². The number of nitrogen functional groups attached to an aromatic ring is 1. The van der Waals surface area contributed by atoms with Crippen LogP contribution < -0.4 is 10.5 Å². The van der Waals surface area contributed by atoms with Gasteiger partial charge in [-0.15, -0.1) is 0 Å². The lowest BCUT2D eigenvalue weighted by molar-refractivity contribution is 0.287. The number of para-hydroxylation sites is 1. The first kappa shape index (κ1) is 13.0. The Kier molecular flexibility index (Phi) is 3.42. The molecule has 1 heterocycles. The average Bonchev–Trinajstić information content (AvgIpc) is 2.98. The van der Waals surface area contributed by atoms with Gasteiger partial charge in [-0.3, -0.25) is 0 Å². The summed E-state index contributed by atoms with van der Waals surface area (Å²) in [6.07, 6.45) is 0. The third-order valence-corrected chi connectivity index (χ3v) is 2.86. The maximum absolute atomic E-state index is 9.58. The molecule has 0 aliphatic rings. The van der Waals surface area contributed by atoms with Gasteiger partial charge in [0, 0.05) is 5.56 Å². The zero-order valence-electron chi connectivity index (χ0n) is 11.1. The van der Waals surface area contributed by atoms with Gasteiger partial charge >= 0.3 is 0 Å². The molecule has 0 fully saturated rings. The lowest BCUT2D eigenvalue weighted by Crippen LogP contribution is -1.97. The predicted octanol–water partition coefficient (Wildman–Crippen LogP) is 2.60. The van der Waals surface area contributed by atoms with Crippen molar-refractivity contribution in [1.29, 1.82) is 0 Å². The molecule has 6 nitrogen and oxygen atoms in total. The number of nitrogens with two attached hydrogens (primary N) is 1. The SMILES string of the molecule is Nc1ccc(-c2nc(COc3ccccc3)no2)cc1O. The van der Waals surface area contributed by atoms with E-state index in [0.29, 0.717) is 23.0 Å². The normalized spacial score (nSPS) is 10.5. The van der Waals surface area contributed by atoms with Crippen molar-refractivity contribution in [2.24, 2.45) is 0 Å². The lowest BCUT2D eigenvalue weighted by Gasteiger charge is -2.01. The first-order valence-corrected chi connectivity index (χ1v) is 6.31. The van der Waals surface area contributed by atoms with Crippen LogP contribution in [0.4, 0.5) is 5.69 Å². The molecule has 0 unspecified atom stereocenters. The highest BCUT2D eigenvalue weighted by Gasteiger charge is 2.11. The number of benzene rings is 2. The Bertz CT molecular complexity index is 741. The molecule has 0 aliphatic heterocycles. The molecular formula is C15H13N3O3. The van der Waals surface area contributed by atoms with Gasteiger partial charge in [0.05, 0.1) is 5.69 Å². The molecule has 0 saturated carbocycles. The van der Waals surface area contributed by atoms with Gasteiger partial charge in [0.15, 0.2) is 6.61 Å².